The lowest BCUT2D eigenvalue weighted by Crippen LogP contribution is -2.54. The predicted molar refractivity (Wildman–Crippen MR) is 138 cm³/mol. The second kappa shape index (κ2) is 10.1. The minimum absolute atomic E-state index is 0.182. The summed E-state index contributed by atoms with van der Waals surface area (Å²) >= 11 is 5.45. The average molecular weight is 635 g/mol. The van der Waals surface area contributed by atoms with Crippen LogP contribution in [0.1, 0.15) is 16.7 Å². The van der Waals surface area contributed by atoms with Gasteiger partial charge in [-0.05, 0) is 88.3 Å². The molecule has 4 rings (SSSR count). The van der Waals surface area contributed by atoms with E-state index in [4.69, 9.17) is 4.74 Å². The molecule has 1 fully saturated rings. The molecule has 0 aliphatic carbocycles. The average Bonchev–Trinajstić information content (AvgIpc) is 2.79. The second-order valence-electron chi connectivity index (χ2n) is 7.42. The normalized spacial score (nSPS) is 15.0. The van der Waals surface area contributed by atoms with Gasteiger partial charge in [-0.25, -0.2) is 14.1 Å². The molecule has 4 amide bonds. The highest BCUT2D eigenvalue weighted by atomic mass is 127. The van der Waals surface area contributed by atoms with Crippen LogP contribution < -0.4 is 15.0 Å². The Labute approximate surface area is 217 Å². The maximum atomic E-state index is 13.6. The molecule has 3 aromatic rings. The Kier molecular flexibility index (Phi) is 7.13. The molecule has 1 saturated heterocycles. The summed E-state index contributed by atoms with van der Waals surface area (Å²) in [6.07, 6.45) is 1.87. The Morgan fingerprint density at radius 3 is 2.50 bits per heavy atom. The van der Waals surface area contributed by atoms with Crippen molar-refractivity contribution >= 4 is 68.1 Å². The van der Waals surface area contributed by atoms with E-state index in [1.165, 1.54) is 25.3 Å². The molecule has 9 heteroatoms. The number of nitrogens with zero attached hydrogens (tertiary/aromatic N) is 1. The van der Waals surface area contributed by atoms with Crippen molar-refractivity contribution < 1.29 is 23.5 Å². The lowest BCUT2D eigenvalue weighted by atomic mass is 10.0. The van der Waals surface area contributed by atoms with Gasteiger partial charge in [0.25, 0.3) is 11.8 Å². The van der Waals surface area contributed by atoms with E-state index in [0.29, 0.717) is 23.4 Å². The Balaban J connectivity index is 1.70. The number of amides is 4. The molecule has 0 saturated carbocycles. The number of urea groups is 1. The van der Waals surface area contributed by atoms with E-state index in [1.54, 1.807) is 42.5 Å². The fraction of sp³-hybridized carbons (Fsp3) is 0.0800. The maximum absolute atomic E-state index is 13.6. The molecule has 172 valence electrons. The lowest BCUT2D eigenvalue weighted by molar-refractivity contribution is -0.122. The SMILES string of the molecule is COc1cc(/C=C2\C(=O)NC(=O)N(c3ccc(Br)cc3)C2=O)cc(I)c1Cc1cccc(F)c1. The summed E-state index contributed by atoms with van der Waals surface area (Å²) in [5.41, 5.74) is 2.34. The third kappa shape index (κ3) is 5.05. The zero-order valence-corrected chi connectivity index (χ0v) is 21.5. The van der Waals surface area contributed by atoms with Gasteiger partial charge in [-0.15, -0.1) is 0 Å². The van der Waals surface area contributed by atoms with E-state index in [2.05, 4.69) is 43.8 Å². The van der Waals surface area contributed by atoms with Crippen LogP contribution in [0.4, 0.5) is 14.9 Å². The molecular formula is C25H17BrFIN2O4. The minimum Gasteiger partial charge on any atom is -0.496 e. The largest absolute Gasteiger partial charge is 0.496 e. The summed E-state index contributed by atoms with van der Waals surface area (Å²) in [5, 5.41) is 2.21. The minimum atomic E-state index is -0.813. The fourth-order valence-electron chi connectivity index (χ4n) is 3.57. The third-order valence-electron chi connectivity index (χ3n) is 5.16. The van der Waals surface area contributed by atoms with Crippen molar-refractivity contribution in [3.63, 3.8) is 0 Å². The predicted octanol–water partition coefficient (Wildman–Crippen LogP) is 5.46. The van der Waals surface area contributed by atoms with Gasteiger partial charge in [0.15, 0.2) is 0 Å². The van der Waals surface area contributed by atoms with Gasteiger partial charge in [-0.2, -0.15) is 0 Å². The smallest absolute Gasteiger partial charge is 0.335 e. The number of nitrogens with one attached hydrogen (secondary N) is 1. The topological polar surface area (TPSA) is 75.7 Å². The maximum Gasteiger partial charge on any atom is 0.335 e. The van der Waals surface area contributed by atoms with Crippen molar-refractivity contribution in [2.24, 2.45) is 0 Å². The molecule has 3 aromatic carbocycles. The number of imide groups is 2. The number of halogens is 3. The Morgan fingerprint density at radius 2 is 1.82 bits per heavy atom. The van der Waals surface area contributed by atoms with Crippen LogP contribution in [0.25, 0.3) is 6.08 Å². The van der Waals surface area contributed by atoms with Gasteiger partial charge >= 0.3 is 6.03 Å². The Bertz CT molecular complexity index is 1340. The third-order valence-corrected chi connectivity index (χ3v) is 6.66. The number of hydrogen-bond donors (Lipinski definition) is 1. The number of hydrogen-bond acceptors (Lipinski definition) is 4. The van der Waals surface area contributed by atoms with Gasteiger partial charge in [0, 0.05) is 20.0 Å². The molecule has 1 N–H and O–H groups in total. The van der Waals surface area contributed by atoms with E-state index in [9.17, 15) is 18.8 Å². The first kappa shape index (κ1) is 24.1. The second-order valence-corrected chi connectivity index (χ2v) is 9.50. The van der Waals surface area contributed by atoms with Crippen LogP contribution in [0.3, 0.4) is 0 Å². The van der Waals surface area contributed by atoms with Crippen LogP contribution in [0.2, 0.25) is 0 Å². The van der Waals surface area contributed by atoms with E-state index in [-0.39, 0.29) is 11.4 Å². The first-order chi connectivity index (χ1) is 16.3. The first-order valence-corrected chi connectivity index (χ1v) is 11.9. The molecule has 0 aromatic heterocycles. The number of rotatable bonds is 5. The molecule has 6 nitrogen and oxygen atoms in total. The van der Waals surface area contributed by atoms with Crippen LogP contribution in [0, 0.1) is 9.39 Å². The molecule has 1 aliphatic rings. The standard InChI is InChI=1S/C25H17BrFIN2O4/c1-34-22-13-15(12-21(28)19(22)10-14-3-2-4-17(27)9-14)11-20-23(31)29-25(33)30(24(20)32)18-7-5-16(26)6-8-18/h2-9,11-13H,10H2,1H3,(H,29,31,33)/b20-11+. The Hall–Kier alpha value is -3.05. The van der Waals surface area contributed by atoms with Gasteiger partial charge in [-0.1, -0.05) is 28.1 Å². The van der Waals surface area contributed by atoms with Crippen molar-refractivity contribution in [3.05, 3.63) is 96.8 Å². The van der Waals surface area contributed by atoms with Crippen molar-refractivity contribution in [1.29, 1.82) is 0 Å². The molecule has 1 heterocycles. The lowest BCUT2D eigenvalue weighted by Gasteiger charge is -2.26. The van der Waals surface area contributed by atoms with Crippen molar-refractivity contribution in [2.45, 2.75) is 6.42 Å². The quantitative estimate of drug-likeness (QED) is 0.230. The van der Waals surface area contributed by atoms with Crippen molar-refractivity contribution in [2.75, 3.05) is 12.0 Å². The van der Waals surface area contributed by atoms with Crippen molar-refractivity contribution in [3.8, 4) is 5.75 Å². The highest BCUT2D eigenvalue weighted by molar-refractivity contribution is 14.1. The Morgan fingerprint density at radius 1 is 1.09 bits per heavy atom. The number of carbonyl (C=O) groups excluding carboxylic acids is 3. The molecule has 0 unspecified atom stereocenters. The fourth-order valence-corrected chi connectivity index (χ4v) is 4.65. The summed E-state index contributed by atoms with van der Waals surface area (Å²) in [5.74, 6) is -1.29. The first-order valence-electron chi connectivity index (χ1n) is 10.0. The molecular weight excluding hydrogens is 618 g/mol. The van der Waals surface area contributed by atoms with Gasteiger partial charge in [0.05, 0.1) is 12.8 Å². The van der Waals surface area contributed by atoms with E-state index < -0.39 is 17.8 Å². The van der Waals surface area contributed by atoms with Gasteiger partial charge in [0.2, 0.25) is 0 Å². The van der Waals surface area contributed by atoms with Crippen LogP contribution in [0.5, 0.6) is 5.75 Å². The molecule has 0 spiro atoms. The van der Waals surface area contributed by atoms with Gasteiger partial charge < -0.3 is 4.74 Å². The van der Waals surface area contributed by atoms with Crippen LogP contribution in [0.15, 0.2) is 70.7 Å². The molecule has 0 bridgehead atoms. The summed E-state index contributed by atoms with van der Waals surface area (Å²) in [6, 6.07) is 15.6. The van der Waals surface area contributed by atoms with E-state index in [1.807, 2.05) is 6.07 Å². The van der Waals surface area contributed by atoms with Crippen LogP contribution in [-0.2, 0) is 16.0 Å². The zero-order valence-electron chi connectivity index (χ0n) is 17.8. The highest BCUT2D eigenvalue weighted by Gasteiger charge is 2.36. The monoisotopic (exact) mass is 634 g/mol. The molecule has 0 atom stereocenters. The van der Waals surface area contributed by atoms with Gasteiger partial charge in [0.1, 0.15) is 17.1 Å². The van der Waals surface area contributed by atoms with E-state index in [0.717, 1.165) is 24.1 Å². The summed E-state index contributed by atoms with van der Waals surface area (Å²) < 4.78 is 20.8. The number of benzene rings is 3. The van der Waals surface area contributed by atoms with E-state index >= 15 is 0 Å². The van der Waals surface area contributed by atoms with Crippen LogP contribution >= 0.6 is 38.5 Å². The number of anilines is 1. The number of carbonyl (C=O) groups is 3. The molecule has 34 heavy (non-hydrogen) atoms. The zero-order chi connectivity index (χ0) is 24.4. The summed E-state index contributed by atoms with van der Waals surface area (Å²) in [4.78, 5) is 38.9. The number of methoxy groups -OCH3 is 1. The van der Waals surface area contributed by atoms with Crippen LogP contribution in [-0.4, -0.2) is 25.0 Å². The number of barbiturate groups is 1. The van der Waals surface area contributed by atoms with Crippen molar-refractivity contribution in [1.82, 2.24) is 5.32 Å². The van der Waals surface area contributed by atoms with Gasteiger partial charge in [-0.3, -0.25) is 14.9 Å². The molecule has 1 aliphatic heterocycles. The summed E-state index contributed by atoms with van der Waals surface area (Å²) in [7, 11) is 1.52. The summed E-state index contributed by atoms with van der Waals surface area (Å²) in [6.45, 7) is 0. The highest BCUT2D eigenvalue weighted by Crippen LogP contribution is 2.31. The molecule has 0 radical (unpaired) electrons. The number of ether oxygens (including phenoxy) is 1.